The van der Waals surface area contributed by atoms with Crippen molar-refractivity contribution in [2.45, 2.75) is 37.5 Å². The fourth-order valence-electron chi connectivity index (χ4n) is 3.38. The number of likely N-dealkylation sites (tertiary alicyclic amines) is 1. The Morgan fingerprint density at radius 2 is 2.04 bits per heavy atom. The zero-order valence-electron chi connectivity index (χ0n) is 13.0. The molecule has 122 valence electrons. The predicted octanol–water partition coefficient (Wildman–Crippen LogP) is 1.35. The molecular weight excluding hydrogens is 292 g/mol. The first-order chi connectivity index (χ1) is 11.2. The molecule has 0 amide bonds. The van der Waals surface area contributed by atoms with Crippen molar-refractivity contribution in [1.82, 2.24) is 20.1 Å². The molecule has 1 saturated heterocycles. The Balaban J connectivity index is 1.52. The fraction of sp³-hybridized carbons (Fsp3) is 0.529. The van der Waals surface area contributed by atoms with E-state index in [9.17, 15) is 10.2 Å². The van der Waals surface area contributed by atoms with Crippen LogP contribution in [0.15, 0.2) is 30.3 Å². The van der Waals surface area contributed by atoms with Gasteiger partial charge in [0, 0.05) is 18.7 Å². The molecule has 6 nitrogen and oxygen atoms in total. The highest BCUT2D eigenvalue weighted by Crippen LogP contribution is 2.36. The Morgan fingerprint density at radius 1 is 1.26 bits per heavy atom. The molecule has 1 unspecified atom stereocenters. The van der Waals surface area contributed by atoms with E-state index >= 15 is 0 Å². The van der Waals surface area contributed by atoms with Crippen LogP contribution in [0.25, 0.3) is 11.4 Å². The van der Waals surface area contributed by atoms with Crippen LogP contribution in [-0.4, -0.2) is 55.6 Å². The van der Waals surface area contributed by atoms with Crippen molar-refractivity contribution in [3.63, 3.8) is 0 Å². The zero-order chi connectivity index (χ0) is 15.8. The normalized spacial score (nSPS) is 26.5. The number of aromatic nitrogens is 3. The van der Waals surface area contributed by atoms with Crippen LogP contribution in [0.1, 0.15) is 31.1 Å². The third-order valence-corrected chi connectivity index (χ3v) is 4.82. The molecule has 4 rings (SSSR count). The van der Waals surface area contributed by atoms with Gasteiger partial charge in [0.2, 0.25) is 0 Å². The number of aromatic amines is 1. The SMILES string of the molecule is OC(CN1C[C@H](O)C[C@H]1c1nc(-c2ccccc2)n[nH]1)C1CC1. The van der Waals surface area contributed by atoms with Crippen molar-refractivity contribution < 1.29 is 10.2 Å². The molecule has 2 aromatic rings. The third-order valence-electron chi connectivity index (χ3n) is 4.82. The minimum absolute atomic E-state index is 0.0108. The average molecular weight is 314 g/mol. The molecule has 0 radical (unpaired) electrons. The van der Waals surface area contributed by atoms with Crippen LogP contribution in [0.2, 0.25) is 0 Å². The maximum absolute atomic E-state index is 10.2. The van der Waals surface area contributed by atoms with Gasteiger partial charge < -0.3 is 10.2 Å². The minimum Gasteiger partial charge on any atom is -0.392 e. The van der Waals surface area contributed by atoms with Crippen LogP contribution >= 0.6 is 0 Å². The van der Waals surface area contributed by atoms with Crippen molar-refractivity contribution in [3.05, 3.63) is 36.2 Å². The van der Waals surface area contributed by atoms with E-state index in [1.165, 1.54) is 0 Å². The molecule has 3 atom stereocenters. The number of hydrogen-bond donors (Lipinski definition) is 3. The smallest absolute Gasteiger partial charge is 0.181 e. The molecule has 1 aromatic heterocycles. The topological polar surface area (TPSA) is 85.3 Å². The van der Waals surface area contributed by atoms with Gasteiger partial charge in [-0.25, -0.2) is 4.98 Å². The molecule has 1 aliphatic heterocycles. The molecule has 2 aliphatic rings. The van der Waals surface area contributed by atoms with Crippen molar-refractivity contribution in [1.29, 1.82) is 0 Å². The summed E-state index contributed by atoms with van der Waals surface area (Å²) in [7, 11) is 0. The highest BCUT2D eigenvalue weighted by molar-refractivity contribution is 5.53. The molecule has 2 heterocycles. The van der Waals surface area contributed by atoms with E-state index in [1.54, 1.807) is 0 Å². The first kappa shape index (κ1) is 14.8. The Morgan fingerprint density at radius 3 is 2.78 bits per heavy atom. The van der Waals surface area contributed by atoms with Crippen LogP contribution in [0, 0.1) is 5.92 Å². The summed E-state index contributed by atoms with van der Waals surface area (Å²) >= 11 is 0. The predicted molar refractivity (Wildman–Crippen MR) is 85.5 cm³/mol. The van der Waals surface area contributed by atoms with Gasteiger partial charge in [0.25, 0.3) is 0 Å². The highest BCUT2D eigenvalue weighted by Gasteiger charge is 2.38. The number of β-amino-alcohol motifs (C(OH)–C–C–N with tert-alkyl or cyclic N) is 2. The van der Waals surface area contributed by atoms with Crippen LogP contribution < -0.4 is 0 Å². The van der Waals surface area contributed by atoms with E-state index in [-0.39, 0.29) is 18.2 Å². The molecule has 2 fully saturated rings. The molecule has 6 heteroatoms. The highest BCUT2D eigenvalue weighted by atomic mass is 16.3. The van der Waals surface area contributed by atoms with Crippen LogP contribution in [0.3, 0.4) is 0 Å². The summed E-state index contributed by atoms with van der Waals surface area (Å²) in [6.07, 6.45) is 2.17. The number of rotatable bonds is 5. The Labute approximate surface area is 135 Å². The summed E-state index contributed by atoms with van der Waals surface area (Å²) in [6, 6.07) is 9.83. The van der Waals surface area contributed by atoms with Crippen LogP contribution in [0.5, 0.6) is 0 Å². The van der Waals surface area contributed by atoms with Gasteiger partial charge in [0.15, 0.2) is 5.82 Å². The monoisotopic (exact) mass is 314 g/mol. The maximum Gasteiger partial charge on any atom is 0.181 e. The third kappa shape index (κ3) is 3.15. The number of nitrogens with one attached hydrogen (secondary N) is 1. The molecule has 0 bridgehead atoms. The fourth-order valence-corrected chi connectivity index (χ4v) is 3.38. The van der Waals surface area contributed by atoms with Gasteiger partial charge in [-0.15, -0.1) is 0 Å². The van der Waals surface area contributed by atoms with Crippen LogP contribution in [-0.2, 0) is 0 Å². The largest absolute Gasteiger partial charge is 0.392 e. The number of hydrogen-bond acceptors (Lipinski definition) is 5. The van der Waals surface area contributed by atoms with Crippen molar-refractivity contribution in [2.75, 3.05) is 13.1 Å². The molecule has 1 aromatic carbocycles. The number of aliphatic hydroxyl groups excluding tert-OH is 2. The molecular formula is C17H22N4O2. The lowest BCUT2D eigenvalue weighted by molar-refractivity contribution is 0.0822. The van der Waals surface area contributed by atoms with E-state index in [4.69, 9.17) is 0 Å². The zero-order valence-corrected chi connectivity index (χ0v) is 13.0. The first-order valence-electron chi connectivity index (χ1n) is 8.28. The van der Waals surface area contributed by atoms with Gasteiger partial charge in [0.1, 0.15) is 5.82 Å². The lowest BCUT2D eigenvalue weighted by Gasteiger charge is -2.24. The van der Waals surface area contributed by atoms with E-state index in [1.807, 2.05) is 30.3 Å². The second-order valence-electron chi connectivity index (χ2n) is 6.67. The second kappa shape index (κ2) is 6.03. The van der Waals surface area contributed by atoms with E-state index in [0.29, 0.717) is 31.3 Å². The van der Waals surface area contributed by atoms with Gasteiger partial charge in [0.05, 0.1) is 18.2 Å². The standard InChI is InChI=1S/C17H22N4O2/c22-13-8-14(21(9-13)10-15(23)11-6-7-11)17-18-16(19-20-17)12-4-2-1-3-5-12/h1-5,11,13-15,22-23H,6-10H2,(H,18,19,20)/t13-,14+,15?/m1/s1. The molecule has 1 saturated carbocycles. The Hall–Kier alpha value is -1.76. The van der Waals surface area contributed by atoms with E-state index < -0.39 is 0 Å². The average Bonchev–Trinajstić information content (AvgIpc) is 3.19. The van der Waals surface area contributed by atoms with Crippen molar-refractivity contribution >= 4 is 0 Å². The van der Waals surface area contributed by atoms with E-state index in [0.717, 1.165) is 24.2 Å². The Bertz CT molecular complexity index is 656. The number of benzene rings is 1. The lowest BCUT2D eigenvalue weighted by Crippen LogP contribution is -2.34. The summed E-state index contributed by atoms with van der Waals surface area (Å²) in [4.78, 5) is 6.74. The van der Waals surface area contributed by atoms with Gasteiger partial charge in [-0.3, -0.25) is 10.00 Å². The Kier molecular flexibility index (Phi) is 3.88. The van der Waals surface area contributed by atoms with Gasteiger partial charge in [-0.05, 0) is 25.2 Å². The van der Waals surface area contributed by atoms with Gasteiger partial charge in [-0.1, -0.05) is 30.3 Å². The summed E-state index contributed by atoms with van der Waals surface area (Å²) < 4.78 is 0. The van der Waals surface area contributed by atoms with Crippen molar-refractivity contribution in [3.8, 4) is 11.4 Å². The summed E-state index contributed by atoms with van der Waals surface area (Å²) in [5, 5.41) is 27.6. The molecule has 23 heavy (non-hydrogen) atoms. The molecule has 3 N–H and O–H groups in total. The van der Waals surface area contributed by atoms with Gasteiger partial charge in [-0.2, -0.15) is 5.10 Å². The quantitative estimate of drug-likeness (QED) is 0.776. The van der Waals surface area contributed by atoms with Crippen LogP contribution in [0.4, 0.5) is 0 Å². The summed E-state index contributed by atoms with van der Waals surface area (Å²) in [6.45, 7) is 1.17. The van der Waals surface area contributed by atoms with Gasteiger partial charge >= 0.3 is 0 Å². The first-order valence-corrected chi connectivity index (χ1v) is 8.28. The number of H-pyrrole nitrogens is 1. The molecule has 0 spiro atoms. The summed E-state index contributed by atoms with van der Waals surface area (Å²) in [5.74, 6) is 1.87. The maximum atomic E-state index is 10.2. The number of aliphatic hydroxyl groups is 2. The number of nitrogens with zero attached hydrogens (tertiary/aromatic N) is 3. The second-order valence-corrected chi connectivity index (χ2v) is 6.67. The summed E-state index contributed by atoms with van der Waals surface area (Å²) in [5.41, 5.74) is 0.970. The minimum atomic E-state index is -0.378. The van der Waals surface area contributed by atoms with Crippen molar-refractivity contribution in [2.24, 2.45) is 5.92 Å². The molecule has 1 aliphatic carbocycles. The van der Waals surface area contributed by atoms with E-state index in [2.05, 4.69) is 20.1 Å². The lowest BCUT2D eigenvalue weighted by atomic mass is 10.1.